The van der Waals surface area contributed by atoms with Gasteiger partial charge in [0.2, 0.25) is 17.6 Å². The number of likely N-dealkylation sites (tertiary alicyclic amines) is 1. The number of ether oxygens (including phenoxy) is 1. The van der Waals surface area contributed by atoms with Crippen molar-refractivity contribution in [1.82, 2.24) is 15.0 Å². The molecule has 1 atom stereocenters. The molecule has 1 fully saturated rings. The number of hydrogen-bond acceptors (Lipinski definition) is 5. The molecule has 0 saturated carbocycles. The molecule has 1 aliphatic heterocycles. The number of carbonyl (C=O) groups excluding carboxylic acids is 1. The van der Waals surface area contributed by atoms with Crippen LogP contribution in [-0.4, -0.2) is 28.1 Å². The molecule has 0 bridgehead atoms. The van der Waals surface area contributed by atoms with E-state index in [1.165, 1.54) is 12.1 Å². The number of hydrogen-bond donors (Lipinski definition) is 0. The van der Waals surface area contributed by atoms with Crippen LogP contribution in [-0.2, 0) is 11.3 Å². The molecule has 1 aromatic heterocycles. The lowest BCUT2D eigenvalue weighted by Gasteiger charge is -2.22. The molecular weight excluding hydrogens is 349 g/mol. The Labute approximate surface area is 155 Å². The number of benzene rings is 2. The second-order valence-electron chi connectivity index (χ2n) is 6.39. The predicted octanol–water partition coefficient (Wildman–Crippen LogP) is 3.75. The molecule has 0 aliphatic carbocycles. The number of rotatable bonds is 5. The van der Waals surface area contributed by atoms with Gasteiger partial charge in [-0.25, -0.2) is 4.39 Å². The zero-order valence-electron chi connectivity index (χ0n) is 14.8. The Morgan fingerprint density at radius 3 is 2.63 bits per heavy atom. The van der Waals surface area contributed by atoms with Gasteiger partial charge in [0, 0.05) is 18.5 Å². The maximum atomic E-state index is 13.1. The first-order valence-corrected chi connectivity index (χ1v) is 8.66. The first-order chi connectivity index (χ1) is 13.1. The van der Waals surface area contributed by atoms with Crippen molar-refractivity contribution in [2.75, 3.05) is 7.11 Å². The number of aromatic nitrogens is 2. The van der Waals surface area contributed by atoms with Gasteiger partial charge < -0.3 is 14.2 Å². The van der Waals surface area contributed by atoms with Crippen LogP contribution < -0.4 is 4.74 Å². The lowest BCUT2D eigenvalue weighted by atomic mass is 10.1. The number of halogens is 1. The van der Waals surface area contributed by atoms with Gasteiger partial charge in [-0.2, -0.15) is 4.98 Å². The van der Waals surface area contributed by atoms with Gasteiger partial charge in [-0.15, -0.1) is 0 Å². The number of nitrogens with zero attached hydrogens (tertiary/aromatic N) is 3. The molecule has 1 amide bonds. The normalized spacial score (nSPS) is 16.7. The molecule has 7 heteroatoms. The van der Waals surface area contributed by atoms with E-state index in [0.717, 1.165) is 16.9 Å². The summed E-state index contributed by atoms with van der Waals surface area (Å²) in [6, 6.07) is 13.2. The minimum atomic E-state index is -0.302. The van der Waals surface area contributed by atoms with Gasteiger partial charge in [0.15, 0.2) is 0 Å². The van der Waals surface area contributed by atoms with Crippen LogP contribution in [0.2, 0.25) is 0 Å². The summed E-state index contributed by atoms with van der Waals surface area (Å²) in [5.74, 6) is 1.34. The highest BCUT2D eigenvalue weighted by molar-refractivity contribution is 5.78. The summed E-state index contributed by atoms with van der Waals surface area (Å²) >= 11 is 0. The topological polar surface area (TPSA) is 68.5 Å². The lowest BCUT2D eigenvalue weighted by molar-refractivity contribution is -0.129. The van der Waals surface area contributed by atoms with Gasteiger partial charge in [-0.3, -0.25) is 4.79 Å². The van der Waals surface area contributed by atoms with Crippen LogP contribution >= 0.6 is 0 Å². The molecule has 138 valence electrons. The fraction of sp³-hybridized carbons (Fsp3) is 0.250. The van der Waals surface area contributed by atoms with Crippen LogP contribution in [0, 0.1) is 5.82 Å². The summed E-state index contributed by atoms with van der Waals surface area (Å²) in [6.07, 6.45) is 1.04. The van der Waals surface area contributed by atoms with Gasteiger partial charge in [-0.05, 0) is 48.4 Å². The van der Waals surface area contributed by atoms with E-state index in [1.807, 2.05) is 24.3 Å². The highest BCUT2D eigenvalue weighted by atomic mass is 19.1. The third-order valence-electron chi connectivity index (χ3n) is 4.67. The molecule has 27 heavy (non-hydrogen) atoms. The molecule has 4 rings (SSSR count). The Kier molecular flexibility index (Phi) is 4.58. The molecule has 2 heterocycles. The van der Waals surface area contributed by atoms with Crippen LogP contribution in [0.4, 0.5) is 4.39 Å². The van der Waals surface area contributed by atoms with E-state index in [2.05, 4.69) is 10.1 Å². The van der Waals surface area contributed by atoms with Gasteiger partial charge in [0.1, 0.15) is 17.6 Å². The van der Waals surface area contributed by atoms with E-state index in [1.54, 1.807) is 24.1 Å². The molecule has 3 aromatic rings. The molecule has 0 spiro atoms. The van der Waals surface area contributed by atoms with Crippen LogP contribution in [0.25, 0.3) is 11.4 Å². The number of methoxy groups -OCH3 is 1. The maximum absolute atomic E-state index is 13.1. The molecule has 0 N–H and O–H groups in total. The third-order valence-corrected chi connectivity index (χ3v) is 4.67. The summed E-state index contributed by atoms with van der Waals surface area (Å²) < 4.78 is 23.7. The highest BCUT2D eigenvalue weighted by Crippen LogP contribution is 2.34. The third kappa shape index (κ3) is 3.53. The van der Waals surface area contributed by atoms with Crippen molar-refractivity contribution in [3.8, 4) is 17.1 Å². The largest absolute Gasteiger partial charge is 0.497 e. The molecule has 1 saturated heterocycles. The summed E-state index contributed by atoms with van der Waals surface area (Å²) in [5.41, 5.74) is 1.66. The summed E-state index contributed by atoms with van der Waals surface area (Å²) in [7, 11) is 1.61. The Balaban J connectivity index is 1.55. The lowest BCUT2D eigenvalue weighted by Crippen LogP contribution is -2.27. The Morgan fingerprint density at radius 1 is 1.19 bits per heavy atom. The molecule has 1 aliphatic rings. The van der Waals surface area contributed by atoms with Crippen molar-refractivity contribution in [2.24, 2.45) is 0 Å². The van der Waals surface area contributed by atoms with E-state index in [9.17, 15) is 9.18 Å². The van der Waals surface area contributed by atoms with Crippen molar-refractivity contribution in [1.29, 1.82) is 0 Å². The summed E-state index contributed by atoms with van der Waals surface area (Å²) in [5, 5.41) is 4.05. The first-order valence-electron chi connectivity index (χ1n) is 8.66. The predicted molar refractivity (Wildman–Crippen MR) is 95.2 cm³/mol. The number of amides is 1. The van der Waals surface area contributed by atoms with Gasteiger partial charge in [0.25, 0.3) is 0 Å². The standard InChI is InChI=1S/C20H18FN3O3/c1-26-16-8-4-14(5-9-16)19-22-20(27-23-19)17-10-11-18(25)24(17)12-13-2-6-15(21)7-3-13/h2-9,17H,10-12H2,1H3. The highest BCUT2D eigenvalue weighted by Gasteiger charge is 2.36. The zero-order chi connectivity index (χ0) is 18.8. The van der Waals surface area contributed by atoms with Gasteiger partial charge in [-0.1, -0.05) is 17.3 Å². The van der Waals surface area contributed by atoms with Gasteiger partial charge in [0.05, 0.1) is 7.11 Å². The Bertz CT molecular complexity index is 938. The Hall–Kier alpha value is -3.22. The van der Waals surface area contributed by atoms with Crippen molar-refractivity contribution in [3.05, 3.63) is 65.8 Å². The maximum Gasteiger partial charge on any atom is 0.249 e. The molecule has 0 radical (unpaired) electrons. The van der Waals surface area contributed by atoms with Gasteiger partial charge >= 0.3 is 0 Å². The fourth-order valence-corrected chi connectivity index (χ4v) is 3.20. The minimum absolute atomic E-state index is 0.0218. The Morgan fingerprint density at radius 2 is 1.93 bits per heavy atom. The molecule has 6 nitrogen and oxygen atoms in total. The second kappa shape index (κ2) is 7.19. The van der Waals surface area contributed by atoms with E-state index in [-0.39, 0.29) is 17.8 Å². The van der Waals surface area contributed by atoms with Crippen molar-refractivity contribution in [3.63, 3.8) is 0 Å². The summed E-state index contributed by atoms with van der Waals surface area (Å²) in [6.45, 7) is 0.379. The molecule has 2 aromatic carbocycles. The fourth-order valence-electron chi connectivity index (χ4n) is 3.20. The average Bonchev–Trinajstić information content (AvgIpc) is 3.31. The monoisotopic (exact) mass is 367 g/mol. The molecular formula is C20H18FN3O3. The van der Waals surface area contributed by atoms with Crippen molar-refractivity contribution < 1.29 is 18.4 Å². The first kappa shape index (κ1) is 17.2. The van der Waals surface area contributed by atoms with E-state index < -0.39 is 0 Å². The van der Waals surface area contributed by atoms with Crippen LogP contribution in [0.3, 0.4) is 0 Å². The van der Waals surface area contributed by atoms with Crippen molar-refractivity contribution in [2.45, 2.75) is 25.4 Å². The minimum Gasteiger partial charge on any atom is -0.497 e. The van der Waals surface area contributed by atoms with Crippen LogP contribution in [0.5, 0.6) is 5.75 Å². The van der Waals surface area contributed by atoms with Crippen LogP contribution in [0.15, 0.2) is 53.1 Å². The van der Waals surface area contributed by atoms with E-state index >= 15 is 0 Å². The molecule has 1 unspecified atom stereocenters. The second-order valence-corrected chi connectivity index (χ2v) is 6.39. The quantitative estimate of drug-likeness (QED) is 0.687. The average molecular weight is 367 g/mol. The SMILES string of the molecule is COc1ccc(-c2noc(C3CCC(=O)N3Cc3ccc(F)cc3)n2)cc1. The summed E-state index contributed by atoms with van der Waals surface area (Å²) in [4.78, 5) is 18.5. The smallest absolute Gasteiger partial charge is 0.249 e. The number of carbonyl (C=O) groups is 1. The van der Waals surface area contributed by atoms with Crippen molar-refractivity contribution >= 4 is 5.91 Å². The van der Waals surface area contributed by atoms with E-state index in [0.29, 0.717) is 31.1 Å². The van der Waals surface area contributed by atoms with E-state index in [4.69, 9.17) is 9.26 Å². The zero-order valence-corrected chi connectivity index (χ0v) is 14.8. The van der Waals surface area contributed by atoms with Crippen LogP contribution in [0.1, 0.15) is 30.3 Å².